The number of rotatable bonds is 2. The van der Waals surface area contributed by atoms with Gasteiger partial charge in [0.2, 0.25) is 0 Å². The van der Waals surface area contributed by atoms with E-state index in [9.17, 15) is 0 Å². The third kappa shape index (κ3) is 2.40. The van der Waals surface area contributed by atoms with Crippen molar-refractivity contribution in [2.24, 2.45) is 0 Å². The van der Waals surface area contributed by atoms with Gasteiger partial charge < -0.3 is 0 Å². The number of hydrogen-bond donors (Lipinski definition) is 0. The summed E-state index contributed by atoms with van der Waals surface area (Å²) in [6.07, 6.45) is 3.83. The van der Waals surface area contributed by atoms with Gasteiger partial charge in [-0.25, -0.2) is 4.68 Å². The van der Waals surface area contributed by atoms with Crippen LogP contribution in [0.1, 0.15) is 5.56 Å². The molecule has 2 nitrogen and oxygen atoms in total. The van der Waals surface area contributed by atoms with Crippen molar-refractivity contribution < 1.29 is 0 Å². The Morgan fingerprint density at radius 3 is 2.68 bits per heavy atom. The molecule has 0 aliphatic heterocycles. The van der Waals surface area contributed by atoms with Gasteiger partial charge >= 0.3 is 0 Å². The monoisotopic (exact) mass is 268 g/mol. The van der Waals surface area contributed by atoms with Crippen molar-refractivity contribution in [3.63, 3.8) is 0 Å². The summed E-state index contributed by atoms with van der Waals surface area (Å²) in [6.45, 7) is 2.07. The molecule has 3 heteroatoms. The standard InChI is InChI=1S/C16H13ClN2/c1-12-5-4-6-14(9-12)19-11-13(10-18-19)15-7-2-3-8-16(15)17/h2-11H,1H3. The molecular weight excluding hydrogens is 256 g/mol. The van der Waals surface area contributed by atoms with Crippen molar-refractivity contribution >= 4 is 11.6 Å². The molecule has 1 heterocycles. The van der Waals surface area contributed by atoms with Crippen LogP contribution in [0.25, 0.3) is 16.8 Å². The van der Waals surface area contributed by atoms with Crippen molar-refractivity contribution in [3.05, 3.63) is 71.5 Å². The fraction of sp³-hybridized carbons (Fsp3) is 0.0625. The molecule has 19 heavy (non-hydrogen) atoms. The van der Waals surface area contributed by atoms with Gasteiger partial charge in [-0.3, -0.25) is 0 Å². The predicted octanol–water partition coefficient (Wildman–Crippen LogP) is 4.50. The van der Waals surface area contributed by atoms with Crippen molar-refractivity contribution in [2.45, 2.75) is 6.92 Å². The highest BCUT2D eigenvalue weighted by Crippen LogP contribution is 2.27. The number of benzene rings is 2. The van der Waals surface area contributed by atoms with Crippen LogP contribution in [0.15, 0.2) is 60.9 Å². The summed E-state index contributed by atoms with van der Waals surface area (Å²) in [5.74, 6) is 0. The quantitative estimate of drug-likeness (QED) is 0.669. The van der Waals surface area contributed by atoms with Crippen molar-refractivity contribution in [3.8, 4) is 16.8 Å². The van der Waals surface area contributed by atoms with E-state index >= 15 is 0 Å². The molecule has 1 aromatic heterocycles. The minimum Gasteiger partial charge on any atom is -0.240 e. The Balaban J connectivity index is 2.03. The van der Waals surface area contributed by atoms with Gasteiger partial charge in [-0.05, 0) is 30.7 Å². The van der Waals surface area contributed by atoms with Crippen LogP contribution in [-0.4, -0.2) is 9.78 Å². The fourth-order valence-electron chi connectivity index (χ4n) is 2.07. The zero-order valence-electron chi connectivity index (χ0n) is 10.5. The smallest absolute Gasteiger partial charge is 0.0648 e. The first-order chi connectivity index (χ1) is 9.24. The highest BCUT2D eigenvalue weighted by molar-refractivity contribution is 6.33. The summed E-state index contributed by atoms with van der Waals surface area (Å²) in [4.78, 5) is 0. The Hall–Kier alpha value is -2.06. The lowest BCUT2D eigenvalue weighted by Gasteiger charge is -2.02. The predicted molar refractivity (Wildman–Crippen MR) is 78.7 cm³/mol. The van der Waals surface area contributed by atoms with Gasteiger partial charge in [0, 0.05) is 22.3 Å². The van der Waals surface area contributed by atoms with Crippen molar-refractivity contribution in [1.29, 1.82) is 0 Å². The normalized spacial score (nSPS) is 10.6. The molecule has 0 aliphatic carbocycles. The summed E-state index contributed by atoms with van der Waals surface area (Å²) in [7, 11) is 0. The van der Waals surface area contributed by atoms with E-state index < -0.39 is 0 Å². The molecule has 0 amide bonds. The van der Waals surface area contributed by atoms with Gasteiger partial charge in [-0.2, -0.15) is 5.10 Å². The maximum atomic E-state index is 6.20. The minimum atomic E-state index is 0.742. The summed E-state index contributed by atoms with van der Waals surface area (Å²) < 4.78 is 1.87. The summed E-state index contributed by atoms with van der Waals surface area (Å²) in [5, 5.41) is 5.14. The van der Waals surface area contributed by atoms with Gasteiger partial charge in [0.05, 0.1) is 11.9 Å². The number of nitrogens with zero attached hydrogens (tertiary/aromatic N) is 2. The highest BCUT2D eigenvalue weighted by atomic mass is 35.5. The Morgan fingerprint density at radius 2 is 1.89 bits per heavy atom. The van der Waals surface area contributed by atoms with Crippen molar-refractivity contribution in [2.75, 3.05) is 0 Å². The maximum absolute atomic E-state index is 6.20. The van der Waals surface area contributed by atoms with Crippen LogP contribution >= 0.6 is 11.6 Å². The van der Waals surface area contributed by atoms with Crippen LogP contribution in [0, 0.1) is 6.92 Å². The lowest BCUT2D eigenvalue weighted by molar-refractivity contribution is 0.879. The average Bonchev–Trinajstić information content (AvgIpc) is 2.89. The first-order valence-electron chi connectivity index (χ1n) is 6.11. The second kappa shape index (κ2) is 4.90. The van der Waals surface area contributed by atoms with Gasteiger partial charge in [0.1, 0.15) is 0 Å². The molecule has 0 N–H and O–H groups in total. The average molecular weight is 269 g/mol. The Morgan fingerprint density at radius 1 is 1.05 bits per heavy atom. The van der Waals surface area contributed by atoms with Crippen LogP contribution in [0.4, 0.5) is 0 Å². The van der Waals surface area contributed by atoms with Crippen LogP contribution < -0.4 is 0 Å². The molecule has 94 valence electrons. The van der Waals surface area contributed by atoms with Crippen LogP contribution in [0.3, 0.4) is 0 Å². The van der Waals surface area contributed by atoms with Crippen LogP contribution in [0.5, 0.6) is 0 Å². The number of aromatic nitrogens is 2. The lowest BCUT2D eigenvalue weighted by atomic mass is 10.1. The molecule has 0 atom stereocenters. The zero-order valence-corrected chi connectivity index (χ0v) is 11.3. The molecule has 0 radical (unpaired) electrons. The third-order valence-electron chi connectivity index (χ3n) is 3.03. The van der Waals surface area contributed by atoms with Gasteiger partial charge in [0.15, 0.2) is 0 Å². The first kappa shape index (κ1) is 12.0. The molecule has 3 rings (SSSR count). The topological polar surface area (TPSA) is 17.8 Å². The molecule has 3 aromatic rings. The van der Waals surface area contributed by atoms with E-state index in [2.05, 4.69) is 24.2 Å². The van der Waals surface area contributed by atoms with Gasteiger partial charge in [0.25, 0.3) is 0 Å². The van der Waals surface area contributed by atoms with Crippen molar-refractivity contribution in [1.82, 2.24) is 9.78 Å². The molecule has 0 fully saturated rings. The fourth-order valence-corrected chi connectivity index (χ4v) is 2.31. The molecule has 0 bridgehead atoms. The molecule has 0 saturated heterocycles. The zero-order chi connectivity index (χ0) is 13.2. The number of aryl methyl sites for hydroxylation is 1. The Kier molecular flexibility index (Phi) is 3.10. The second-order valence-electron chi connectivity index (χ2n) is 4.49. The van der Waals surface area contributed by atoms with E-state index in [1.807, 2.05) is 53.5 Å². The van der Waals surface area contributed by atoms with Crippen LogP contribution in [-0.2, 0) is 0 Å². The van der Waals surface area contributed by atoms with E-state index in [0.29, 0.717) is 0 Å². The van der Waals surface area contributed by atoms with Crippen LogP contribution in [0.2, 0.25) is 5.02 Å². The largest absolute Gasteiger partial charge is 0.240 e. The Labute approximate surface area is 117 Å². The molecule has 0 spiro atoms. The molecule has 0 aliphatic rings. The number of halogens is 1. The molecular formula is C16H13ClN2. The maximum Gasteiger partial charge on any atom is 0.0648 e. The lowest BCUT2D eigenvalue weighted by Crippen LogP contribution is -1.93. The first-order valence-corrected chi connectivity index (χ1v) is 6.48. The molecule has 0 unspecified atom stereocenters. The molecule has 2 aromatic carbocycles. The molecule has 0 saturated carbocycles. The van der Waals surface area contributed by atoms with E-state index in [-0.39, 0.29) is 0 Å². The number of hydrogen-bond acceptors (Lipinski definition) is 1. The Bertz CT molecular complexity index is 716. The summed E-state index contributed by atoms with van der Waals surface area (Å²) in [6, 6.07) is 16.0. The van der Waals surface area contributed by atoms with E-state index in [1.54, 1.807) is 0 Å². The summed E-state index contributed by atoms with van der Waals surface area (Å²) in [5.41, 5.74) is 4.29. The summed E-state index contributed by atoms with van der Waals surface area (Å²) >= 11 is 6.20. The van der Waals surface area contributed by atoms with Gasteiger partial charge in [-0.15, -0.1) is 0 Å². The third-order valence-corrected chi connectivity index (χ3v) is 3.36. The van der Waals surface area contributed by atoms with E-state index in [0.717, 1.165) is 21.8 Å². The second-order valence-corrected chi connectivity index (χ2v) is 4.90. The van der Waals surface area contributed by atoms with E-state index in [4.69, 9.17) is 11.6 Å². The SMILES string of the molecule is Cc1cccc(-n2cc(-c3ccccc3Cl)cn2)c1. The van der Waals surface area contributed by atoms with E-state index in [1.165, 1.54) is 5.56 Å². The minimum absolute atomic E-state index is 0.742. The van der Waals surface area contributed by atoms with Gasteiger partial charge in [-0.1, -0.05) is 41.9 Å². The highest BCUT2D eigenvalue weighted by Gasteiger charge is 2.06.